The van der Waals surface area contributed by atoms with Crippen LogP contribution in [-0.4, -0.2) is 21.7 Å². The fourth-order valence-electron chi connectivity index (χ4n) is 0.988. The van der Waals surface area contributed by atoms with Crippen LogP contribution in [0.5, 0.6) is 5.88 Å². The van der Waals surface area contributed by atoms with Crippen molar-refractivity contribution < 1.29 is 4.74 Å². The van der Waals surface area contributed by atoms with Crippen LogP contribution in [-0.2, 0) is 0 Å². The van der Waals surface area contributed by atoms with Gasteiger partial charge >= 0.3 is 0 Å². The molecule has 68 valence electrons. The normalized spacial score (nSPS) is 10.7. The predicted octanol–water partition coefficient (Wildman–Crippen LogP) is 2.04. The zero-order valence-corrected chi connectivity index (χ0v) is 8.17. The Morgan fingerprint density at radius 2 is 2.15 bits per heavy atom. The molecule has 13 heavy (non-hydrogen) atoms. The van der Waals surface area contributed by atoms with Crippen molar-refractivity contribution in [2.45, 2.75) is 0 Å². The van der Waals surface area contributed by atoms with Gasteiger partial charge in [0.05, 0.1) is 7.11 Å². The molecule has 0 N–H and O–H groups in total. The number of halogens is 2. The maximum absolute atomic E-state index is 5.85. The standard InChI is InChI=1S/C7H5Cl2N3O/c1-13-7-3-6-10-4(8)2-5(9)12(6)11-7/h2-3H,1H3. The van der Waals surface area contributed by atoms with Crippen LogP contribution in [0.3, 0.4) is 0 Å². The third-order valence-electron chi connectivity index (χ3n) is 1.54. The number of rotatable bonds is 1. The highest BCUT2D eigenvalue weighted by molar-refractivity contribution is 6.33. The summed E-state index contributed by atoms with van der Waals surface area (Å²) in [6.45, 7) is 0. The number of hydrogen-bond acceptors (Lipinski definition) is 3. The highest BCUT2D eigenvalue weighted by Crippen LogP contribution is 2.19. The second-order valence-corrected chi connectivity index (χ2v) is 3.13. The van der Waals surface area contributed by atoms with E-state index in [4.69, 9.17) is 27.9 Å². The molecule has 6 heteroatoms. The molecule has 0 spiro atoms. The lowest BCUT2D eigenvalue weighted by Gasteiger charge is -1.95. The van der Waals surface area contributed by atoms with Crippen LogP contribution in [0.4, 0.5) is 0 Å². The Bertz CT molecular complexity index is 454. The van der Waals surface area contributed by atoms with E-state index in [2.05, 4.69) is 10.1 Å². The van der Waals surface area contributed by atoms with E-state index < -0.39 is 0 Å². The van der Waals surface area contributed by atoms with Gasteiger partial charge in [-0.2, -0.15) is 0 Å². The summed E-state index contributed by atoms with van der Waals surface area (Å²) >= 11 is 11.6. The monoisotopic (exact) mass is 217 g/mol. The maximum atomic E-state index is 5.85. The fourth-order valence-corrected chi connectivity index (χ4v) is 1.46. The van der Waals surface area contributed by atoms with Gasteiger partial charge in [0.1, 0.15) is 10.3 Å². The molecular weight excluding hydrogens is 213 g/mol. The highest BCUT2D eigenvalue weighted by Gasteiger charge is 2.06. The van der Waals surface area contributed by atoms with E-state index in [1.165, 1.54) is 17.7 Å². The van der Waals surface area contributed by atoms with E-state index in [1.54, 1.807) is 6.07 Å². The summed E-state index contributed by atoms with van der Waals surface area (Å²) in [5.41, 5.74) is 0.564. The van der Waals surface area contributed by atoms with Crippen molar-refractivity contribution >= 4 is 28.8 Å². The third-order valence-corrected chi connectivity index (χ3v) is 2.00. The number of fused-ring (bicyclic) bond motifs is 1. The minimum Gasteiger partial charge on any atom is -0.480 e. The molecule has 2 aromatic heterocycles. The zero-order chi connectivity index (χ0) is 9.42. The molecule has 0 atom stereocenters. The molecule has 0 aromatic carbocycles. The van der Waals surface area contributed by atoms with Gasteiger partial charge in [0, 0.05) is 12.1 Å². The van der Waals surface area contributed by atoms with Gasteiger partial charge < -0.3 is 4.74 Å². The summed E-state index contributed by atoms with van der Waals surface area (Å²) < 4.78 is 6.37. The van der Waals surface area contributed by atoms with Crippen molar-refractivity contribution in [1.82, 2.24) is 14.6 Å². The number of methoxy groups -OCH3 is 1. The first-order valence-electron chi connectivity index (χ1n) is 3.46. The van der Waals surface area contributed by atoms with Crippen LogP contribution < -0.4 is 4.74 Å². The molecule has 0 bridgehead atoms. The van der Waals surface area contributed by atoms with Crippen LogP contribution in [0.25, 0.3) is 5.65 Å². The van der Waals surface area contributed by atoms with Gasteiger partial charge in [-0.3, -0.25) is 0 Å². The molecule has 0 aliphatic carbocycles. The molecule has 0 aliphatic rings. The van der Waals surface area contributed by atoms with Gasteiger partial charge in [-0.1, -0.05) is 23.2 Å². The van der Waals surface area contributed by atoms with Crippen LogP contribution >= 0.6 is 23.2 Å². The summed E-state index contributed by atoms with van der Waals surface area (Å²) in [6, 6.07) is 3.17. The number of ether oxygens (including phenoxy) is 1. The van der Waals surface area contributed by atoms with Crippen LogP contribution in [0.15, 0.2) is 12.1 Å². The molecule has 0 saturated heterocycles. The molecule has 0 fully saturated rings. The molecule has 0 radical (unpaired) electrons. The van der Waals surface area contributed by atoms with E-state index in [0.29, 0.717) is 21.8 Å². The number of nitrogens with zero attached hydrogens (tertiary/aromatic N) is 3. The van der Waals surface area contributed by atoms with Crippen molar-refractivity contribution in [1.29, 1.82) is 0 Å². The summed E-state index contributed by atoms with van der Waals surface area (Å²) in [4.78, 5) is 4.01. The zero-order valence-electron chi connectivity index (χ0n) is 6.66. The van der Waals surface area contributed by atoms with Crippen molar-refractivity contribution in [2.75, 3.05) is 7.11 Å². The topological polar surface area (TPSA) is 39.4 Å². The Kier molecular flexibility index (Phi) is 2.01. The molecule has 2 heterocycles. The molecule has 0 amide bonds. The van der Waals surface area contributed by atoms with E-state index in [1.807, 2.05) is 0 Å². The molecule has 0 aliphatic heterocycles. The lowest BCUT2D eigenvalue weighted by Crippen LogP contribution is -1.92. The predicted molar refractivity (Wildman–Crippen MR) is 49.6 cm³/mol. The molecule has 4 nitrogen and oxygen atoms in total. The first-order valence-corrected chi connectivity index (χ1v) is 4.22. The Morgan fingerprint density at radius 1 is 1.38 bits per heavy atom. The van der Waals surface area contributed by atoms with E-state index in [0.717, 1.165) is 0 Å². The molecular formula is C7H5Cl2N3O. The molecule has 2 rings (SSSR count). The van der Waals surface area contributed by atoms with E-state index in [9.17, 15) is 0 Å². The highest BCUT2D eigenvalue weighted by atomic mass is 35.5. The van der Waals surface area contributed by atoms with Gasteiger partial charge in [0.25, 0.3) is 0 Å². The van der Waals surface area contributed by atoms with Crippen LogP contribution in [0, 0.1) is 0 Å². The first-order chi connectivity index (χ1) is 6.20. The number of aromatic nitrogens is 3. The van der Waals surface area contributed by atoms with Gasteiger partial charge in [-0.05, 0) is 0 Å². The Balaban J connectivity index is 2.75. The van der Waals surface area contributed by atoms with Crippen molar-refractivity contribution in [3.8, 4) is 5.88 Å². The first kappa shape index (κ1) is 8.59. The number of hydrogen-bond donors (Lipinski definition) is 0. The third kappa shape index (κ3) is 1.43. The Labute approximate surface area is 84.0 Å². The van der Waals surface area contributed by atoms with Gasteiger partial charge in [0.15, 0.2) is 5.65 Å². The molecule has 0 unspecified atom stereocenters. The largest absolute Gasteiger partial charge is 0.480 e. The maximum Gasteiger partial charge on any atom is 0.235 e. The Hall–Kier alpha value is -1.00. The average molecular weight is 218 g/mol. The van der Waals surface area contributed by atoms with Crippen molar-refractivity contribution in [2.24, 2.45) is 0 Å². The minimum atomic E-state index is 0.333. The average Bonchev–Trinajstić information content (AvgIpc) is 2.47. The smallest absolute Gasteiger partial charge is 0.235 e. The SMILES string of the molecule is COc1cc2nc(Cl)cc(Cl)n2n1. The Morgan fingerprint density at radius 3 is 2.85 bits per heavy atom. The van der Waals surface area contributed by atoms with Crippen molar-refractivity contribution in [3.63, 3.8) is 0 Å². The second kappa shape index (κ2) is 3.05. The lowest BCUT2D eigenvalue weighted by molar-refractivity contribution is 0.395. The van der Waals surface area contributed by atoms with Crippen LogP contribution in [0.1, 0.15) is 0 Å². The molecule has 2 aromatic rings. The minimum absolute atomic E-state index is 0.333. The van der Waals surface area contributed by atoms with Gasteiger partial charge in [0.2, 0.25) is 5.88 Å². The summed E-state index contributed by atoms with van der Waals surface area (Å²) in [5, 5.41) is 4.75. The van der Waals surface area contributed by atoms with Gasteiger partial charge in [-0.25, -0.2) is 9.50 Å². The van der Waals surface area contributed by atoms with Gasteiger partial charge in [-0.15, -0.1) is 5.10 Å². The lowest BCUT2D eigenvalue weighted by atomic mass is 10.6. The quantitative estimate of drug-likeness (QED) is 0.687. The summed E-state index contributed by atoms with van der Waals surface area (Å²) in [6.07, 6.45) is 0. The molecule has 0 saturated carbocycles. The van der Waals surface area contributed by atoms with Crippen molar-refractivity contribution in [3.05, 3.63) is 22.4 Å². The second-order valence-electron chi connectivity index (χ2n) is 2.36. The van der Waals surface area contributed by atoms with Crippen LogP contribution in [0.2, 0.25) is 10.3 Å². The van der Waals surface area contributed by atoms with E-state index >= 15 is 0 Å². The van der Waals surface area contributed by atoms with E-state index in [-0.39, 0.29) is 0 Å². The fraction of sp³-hybridized carbons (Fsp3) is 0.143. The summed E-state index contributed by atoms with van der Waals surface area (Å²) in [5.74, 6) is 0.455. The summed E-state index contributed by atoms with van der Waals surface area (Å²) in [7, 11) is 1.53.